The van der Waals surface area contributed by atoms with Gasteiger partial charge in [-0.1, -0.05) is 0 Å². The summed E-state index contributed by atoms with van der Waals surface area (Å²) < 4.78 is 1.41. The molecular weight excluding hydrogens is 270 g/mol. The van der Waals surface area contributed by atoms with Gasteiger partial charge >= 0.3 is 0 Å². The first-order chi connectivity index (χ1) is 6.59. The van der Waals surface area contributed by atoms with E-state index in [2.05, 4.69) is 15.9 Å². The summed E-state index contributed by atoms with van der Waals surface area (Å²) in [6, 6.07) is 4.42. The Morgan fingerprint density at radius 2 is 2.21 bits per heavy atom. The number of halogens is 1. The van der Waals surface area contributed by atoms with Gasteiger partial charge in [0.15, 0.2) is 0 Å². The van der Waals surface area contributed by atoms with Crippen LogP contribution < -0.4 is 0 Å². The molecule has 0 saturated heterocycles. The molecule has 0 radical (unpaired) electrons. The van der Waals surface area contributed by atoms with E-state index in [0.29, 0.717) is 9.17 Å². The highest BCUT2D eigenvalue weighted by molar-refractivity contribution is 9.11. The minimum absolute atomic E-state index is 0.0156. The molecular formula is C8H4BrNO3S. The number of non-ortho nitro benzene ring substituents is 1. The van der Waals surface area contributed by atoms with Gasteiger partial charge in [-0.2, -0.15) is 0 Å². The van der Waals surface area contributed by atoms with Crippen LogP contribution in [0.2, 0.25) is 0 Å². The van der Waals surface area contributed by atoms with Crippen molar-refractivity contribution < 1.29 is 10.0 Å². The summed E-state index contributed by atoms with van der Waals surface area (Å²) in [4.78, 5) is 10.00. The summed E-state index contributed by atoms with van der Waals surface area (Å²) in [7, 11) is 0. The van der Waals surface area contributed by atoms with Crippen molar-refractivity contribution in [2.45, 2.75) is 0 Å². The van der Waals surface area contributed by atoms with E-state index in [1.165, 1.54) is 23.5 Å². The van der Waals surface area contributed by atoms with Crippen molar-refractivity contribution in [3.63, 3.8) is 0 Å². The molecule has 0 aliphatic carbocycles. The molecule has 1 N–H and O–H groups in total. The van der Waals surface area contributed by atoms with Crippen molar-refractivity contribution >= 4 is 43.0 Å². The Labute approximate surface area is 91.1 Å². The summed E-state index contributed by atoms with van der Waals surface area (Å²) in [6.07, 6.45) is 0. The van der Waals surface area contributed by atoms with E-state index < -0.39 is 4.92 Å². The Balaban J connectivity index is 2.76. The number of fused-ring (bicyclic) bond motifs is 1. The highest BCUT2D eigenvalue weighted by Gasteiger charge is 2.13. The fourth-order valence-electron chi connectivity index (χ4n) is 1.16. The van der Waals surface area contributed by atoms with E-state index in [1.807, 2.05) is 0 Å². The number of rotatable bonds is 1. The van der Waals surface area contributed by atoms with Gasteiger partial charge in [-0.3, -0.25) is 10.1 Å². The predicted octanol–water partition coefficient (Wildman–Crippen LogP) is 3.28. The van der Waals surface area contributed by atoms with Gasteiger partial charge in [-0.15, -0.1) is 11.3 Å². The smallest absolute Gasteiger partial charge is 0.270 e. The third kappa shape index (κ3) is 1.36. The molecule has 4 nitrogen and oxygen atoms in total. The second kappa shape index (κ2) is 3.21. The maximum Gasteiger partial charge on any atom is 0.270 e. The zero-order valence-corrected chi connectivity index (χ0v) is 9.13. The van der Waals surface area contributed by atoms with Gasteiger partial charge in [0, 0.05) is 22.2 Å². The fourth-order valence-corrected chi connectivity index (χ4v) is 2.69. The van der Waals surface area contributed by atoms with Crippen molar-refractivity contribution in [2.75, 3.05) is 0 Å². The Morgan fingerprint density at radius 1 is 1.50 bits per heavy atom. The largest absolute Gasteiger partial charge is 0.505 e. The highest BCUT2D eigenvalue weighted by Crippen LogP contribution is 2.41. The molecule has 0 bridgehead atoms. The number of nitrogens with zero attached hydrogens (tertiary/aromatic N) is 1. The normalized spacial score (nSPS) is 10.6. The first-order valence-electron chi connectivity index (χ1n) is 3.65. The molecule has 0 aliphatic heterocycles. The topological polar surface area (TPSA) is 63.4 Å². The van der Waals surface area contributed by atoms with Crippen LogP contribution in [0.25, 0.3) is 10.1 Å². The van der Waals surface area contributed by atoms with E-state index in [0.717, 1.165) is 4.70 Å². The molecule has 2 rings (SSSR count). The third-order valence-electron chi connectivity index (χ3n) is 1.81. The highest BCUT2D eigenvalue weighted by atomic mass is 79.9. The minimum atomic E-state index is -0.482. The van der Waals surface area contributed by atoms with E-state index in [9.17, 15) is 15.2 Å². The van der Waals surface area contributed by atoms with Crippen LogP contribution in [0.15, 0.2) is 22.0 Å². The van der Waals surface area contributed by atoms with Gasteiger partial charge in [0.1, 0.15) is 9.54 Å². The lowest BCUT2D eigenvalue weighted by atomic mass is 10.2. The first-order valence-corrected chi connectivity index (χ1v) is 5.26. The molecule has 0 spiro atoms. The SMILES string of the molecule is O=[N+]([O-])c1ccc2sc(Br)c(O)c2c1. The lowest BCUT2D eigenvalue weighted by Crippen LogP contribution is -1.85. The van der Waals surface area contributed by atoms with Gasteiger partial charge in [0.25, 0.3) is 5.69 Å². The Bertz CT molecular complexity index is 523. The number of hydrogen-bond donors (Lipinski definition) is 1. The molecule has 6 heteroatoms. The molecule has 0 unspecified atom stereocenters. The summed E-state index contributed by atoms with van der Waals surface area (Å²) in [5.74, 6) is 0.0636. The van der Waals surface area contributed by atoms with Crippen LogP contribution in [0.1, 0.15) is 0 Å². The average molecular weight is 274 g/mol. The zero-order chi connectivity index (χ0) is 10.3. The van der Waals surface area contributed by atoms with Crippen molar-refractivity contribution in [3.05, 3.63) is 32.1 Å². The second-order valence-corrected chi connectivity index (χ2v) is 5.03. The van der Waals surface area contributed by atoms with Crippen LogP contribution in [-0.4, -0.2) is 10.0 Å². The van der Waals surface area contributed by atoms with Gasteiger partial charge in [0.2, 0.25) is 0 Å². The maximum absolute atomic E-state index is 10.5. The summed E-state index contributed by atoms with van der Waals surface area (Å²) >= 11 is 4.51. The molecule has 0 fully saturated rings. The summed E-state index contributed by atoms with van der Waals surface area (Å²) in [5, 5.41) is 20.5. The van der Waals surface area contributed by atoms with Crippen LogP contribution >= 0.6 is 27.3 Å². The Hall–Kier alpha value is -1.14. The van der Waals surface area contributed by atoms with Gasteiger partial charge < -0.3 is 5.11 Å². The molecule has 72 valence electrons. The predicted molar refractivity (Wildman–Crippen MR) is 57.8 cm³/mol. The third-order valence-corrected chi connectivity index (χ3v) is 3.62. The lowest BCUT2D eigenvalue weighted by molar-refractivity contribution is -0.384. The van der Waals surface area contributed by atoms with E-state index in [4.69, 9.17) is 0 Å². The van der Waals surface area contributed by atoms with E-state index in [-0.39, 0.29) is 11.4 Å². The minimum Gasteiger partial charge on any atom is -0.505 e. The number of thiophene rings is 1. The van der Waals surface area contributed by atoms with Crippen LogP contribution in [0.5, 0.6) is 5.75 Å². The zero-order valence-electron chi connectivity index (χ0n) is 6.73. The van der Waals surface area contributed by atoms with Crippen LogP contribution in [-0.2, 0) is 0 Å². The van der Waals surface area contributed by atoms with Crippen LogP contribution in [0.3, 0.4) is 0 Å². The number of nitro groups is 1. The summed E-state index contributed by atoms with van der Waals surface area (Å²) in [5.41, 5.74) is -0.0156. The molecule has 0 atom stereocenters. The van der Waals surface area contributed by atoms with E-state index >= 15 is 0 Å². The number of aromatic hydroxyl groups is 1. The van der Waals surface area contributed by atoms with Gasteiger partial charge in [-0.25, -0.2) is 0 Å². The second-order valence-electron chi connectivity index (χ2n) is 2.66. The molecule has 1 aromatic carbocycles. The van der Waals surface area contributed by atoms with Crippen molar-refractivity contribution in [3.8, 4) is 5.75 Å². The molecule has 0 aliphatic rings. The standard InChI is InChI=1S/C8H4BrNO3S/c9-8-7(11)5-3-4(10(12)13)1-2-6(5)14-8/h1-3,11H. The number of benzene rings is 1. The average Bonchev–Trinajstić information content (AvgIpc) is 2.43. The Morgan fingerprint density at radius 3 is 2.86 bits per heavy atom. The summed E-state index contributed by atoms with van der Waals surface area (Å²) in [6.45, 7) is 0. The first kappa shape index (κ1) is 9.42. The quantitative estimate of drug-likeness (QED) is 0.641. The molecule has 0 saturated carbocycles. The van der Waals surface area contributed by atoms with Crippen molar-refractivity contribution in [1.82, 2.24) is 0 Å². The molecule has 14 heavy (non-hydrogen) atoms. The monoisotopic (exact) mass is 273 g/mol. The maximum atomic E-state index is 10.5. The fraction of sp³-hybridized carbons (Fsp3) is 0. The number of nitro benzene ring substituents is 1. The van der Waals surface area contributed by atoms with Gasteiger partial charge in [-0.05, 0) is 22.0 Å². The van der Waals surface area contributed by atoms with Gasteiger partial charge in [0.05, 0.1) is 4.92 Å². The van der Waals surface area contributed by atoms with E-state index in [1.54, 1.807) is 6.07 Å². The molecule has 0 amide bonds. The van der Waals surface area contributed by atoms with Crippen LogP contribution in [0.4, 0.5) is 5.69 Å². The van der Waals surface area contributed by atoms with Crippen LogP contribution in [0, 0.1) is 10.1 Å². The Kier molecular flexibility index (Phi) is 2.16. The number of hydrogen-bond acceptors (Lipinski definition) is 4. The molecule has 1 aromatic heterocycles. The molecule has 2 aromatic rings. The van der Waals surface area contributed by atoms with Crippen molar-refractivity contribution in [1.29, 1.82) is 0 Å². The van der Waals surface area contributed by atoms with Crippen molar-refractivity contribution in [2.24, 2.45) is 0 Å². The molecule has 1 heterocycles. The lowest BCUT2D eigenvalue weighted by Gasteiger charge is -1.91.